The van der Waals surface area contributed by atoms with Gasteiger partial charge in [-0.2, -0.15) is 0 Å². The molecule has 1 aliphatic carbocycles. The monoisotopic (exact) mass is 177 g/mol. The van der Waals surface area contributed by atoms with E-state index in [2.05, 4.69) is 0 Å². The molecule has 0 aromatic heterocycles. The predicted molar refractivity (Wildman–Crippen MR) is 45.1 cm³/mol. The average molecular weight is 177 g/mol. The lowest BCUT2D eigenvalue weighted by molar-refractivity contribution is 0.0321. The number of hydrogen-bond donors (Lipinski definition) is 1. The van der Waals surface area contributed by atoms with Crippen LogP contribution in [0, 0.1) is 11.3 Å². The zero-order valence-electron chi connectivity index (χ0n) is 7.90. The Labute approximate surface area is 72.3 Å². The minimum Gasteiger partial charge on any atom is -0.320 e. The molecule has 0 aromatic carbocycles. The normalized spacial score (nSPS) is 40.8. The van der Waals surface area contributed by atoms with Gasteiger partial charge in [-0.05, 0) is 24.2 Å². The third kappa shape index (κ3) is 1.47. The minimum atomic E-state index is -2.39. The van der Waals surface area contributed by atoms with Gasteiger partial charge in [0.15, 0.2) is 0 Å². The lowest BCUT2D eigenvalue weighted by Crippen LogP contribution is -2.49. The van der Waals surface area contributed by atoms with Gasteiger partial charge in [0, 0.05) is 0 Å². The zero-order chi connectivity index (χ0) is 9.57. The number of hydrogen-bond acceptors (Lipinski definition) is 1. The quantitative estimate of drug-likeness (QED) is 0.654. The second-order valence-corrected chi connectivity index (χ2v) is 4.86. The van der Waals surface area contributed by atoms with E-state index in [1.807, 2.05) is 20.8 Å². The fourth-order valence-electron chi connectivity index (χ4n) is 2.39. The van der Waals surface area contributed by atoms with E-state index in [0.29, 0.717) is 6.42 Å². The first kappa shape index (κ1) is 9.90. The first-order chi connectivity index (χ1) is 5.28. The highest BCUT2D eigenvalue weighted by molar-refractivity contribution is 5.03. The van der Waals surface area contributed by atoms with E-state index in [-0.39, 0.29) is 11.3 Å². The standard InChI is InChI=1S/C9H17F2N/c1-6-4-8(2,3)5-9(6,12)7(10)11/h6-7H,4-5,12H2,1-3H3. The van der Waals surface area contributed by atoms with Crippen LogP contribution in [-0.2, 0) is 0 Å². The fraction of sp³-hybridized carbons (Fsp3) is 1.00. The summed E-state index contributed by atoms with van der Waals surface area (Å²) in [7, 11) is 0. The largest absolute Gasteiger partial charge is 0.320 e. The van der Waals surface area contributed by atoms with Crippen molar-refractivity contribution in [2.24, 2.45) is 17.1 Å². The molecule has 0 spiro atoms. The third-order valence-corrected chi connectivity index (χ3v) is 2.97. The molecule has 2 N–H and O–H groups in total. The van der Waals surface area contributed by atoms with Crippen molar-refractivity contribution in [3.05, 3.63) is 0 Å². The summed E-state index contributed by atoms with van der Waals surface area (Å²) in [5.41, 5.74) is 4.40. The van der Waals surface area contributed by atoms with Crippen LogP contribution < -0.4 is 5.73 Å². The summed E-state index contributed by atoms with van der Waals surface area (Å²) >= 11 is 0. The van der Waals surface area contributed by atoms with Crippen LogP contribution in [0.1, 0.15) is 33.6 Å². The molecule has 3 heteroatoms. The lowest BCUT2D eigenvalue weighted by Gasteiger charge is -2.28. The van der Waals surface area contributed by atoms with E-state index in [0.717, 1.165) is 6.42 Å². The first-order valence-corrected chi connectivity index (χ1v) is 4.35. The predicted octanol–water partition coefficient (Wildman–Crippen LogP) is 2.41. The van der Waals surface area contributed by atoms with Crippen molar-refractivity contribution in [1.29, 1.82) is 0 Å². The first-order valence-electron chi connectivity index (χ1n) is 4.35. The van der Waals surface area contributed by atoms with Gasteiger partial charge in [0.2, 0.25) is 0 Å². The van der Waals surface area contributed by atoms with Crippen molar-refractivity contribution < 1.29 is 8.78 Å². The molecule has 0 amide bonds. The van der Waals surface area contributed by atoms with Crippen LogP contribution in [0.15, 0.2) is 0 Å². The summed E-state index contributed by atoms with van der Waals surface area (Å²) in [6.45, 7) is 5.82. The summed E-state index contributed by atoms with van der Waals surface area (Å²) < 4.78 is 25.2. The van der Waals surface area contributed by atoms with Crippen LogP contribution in [0.2, 0.25) is 0 Å². The number of nitrogens with two attached hydrogens (primary N) is 1. The molecule has 2 atom stereocenters. The van der Waals surface area contributed by atoms with Crippen LogP contribution in [0.25, 0.3) is 0 Å². The molecule has 0 bridgehead atoms. The van der Waals surface area contributed by atoms with E-state index in [4.69, 9.17) is 5.73 Å². The Morgan fingerprint density at radius 3 is 2.08 bits per heavy atom. The smallest absolute Gasteiger partial charge is 0.256 e. The van der Waals surface area contributed by atoms with E-state index < -0.39 is 12.0 Å². The molecule has 2 unspecified atom stereocenters. The Morgan fingerprint density at radius 1 is 1.42 bits per heavy atom. The van der Waals surface area contributed by atoms with Crippen LogP contribution in [-0.4, -0.2) is 12.0 Å². The maximum Gasteiger partial charge on any atom is 0.256 e. The number of alkyl halides is 2. The van der Waals surface area contributed by atoms with Crippen LogP contribution >= 0.6 is 0 Å². The Hall–Kier alpha value is -0.180. The van der Waals surface area contributed by atoms with Crippen molar-refractivity contribution >= 4 is 0 Å². The van der Waals surface area contributed by atoms with Crippen molar-refractivity contribution in [1.82, 2.24) is 0 Å². The van der Waals surface area contributed by atoms with Crippen molar-refractivity contribution in [2.75, 3.05) is 0 Å². The Balaban J connectivity index is 2.81. The molecule has 1 nitrogen and oxygen atoms in total. The van der Waals surface area contributed by atoms with Gasteiger partial charge in [-0.15, -0.1) is 0 Å². The van der Waals surface area contributed by atoms with Crippen LogP contribution in [0.5, 0.6) is 0 Å². The second-order valence-electron chi connectivity index (χ2n) is 4.86. The van der Waals surface area contributed by atoms with E-state index in [1.54, 1.807) is 0 Å². The average Bonchev–Trinajstić information content (AvgIpc) is 2.03. The second kappa shape index (κ2) is 2.66. The SMILES string of the molecule is CC1CC(C)(C)CC1(N)C(F)F. The van der Waals surface area contributed by atoms with Crippen LogP contribution in [0.4, 0.5) is 8.78 Å². The molecule has 0 radical (unpaired) electrons. The summed E-state index contributed by atoms with van der Waals surface area (Å²) in [6.07, 6.45) is -1.17. The molecule has 72 valence electrons. The summed E-state index contributed by atoms with van der Waals surface area (Å²) in [6, 6.07) is 0. The van der Waals surface area contributed by atoms with Gasteiger partial charge in [-0.1, -0.05) is 20.8 Å². The molecule has 1 rings (SSSR count). The van der Waals surface area contributed by atoms with Crippen molar-refractivity contribution in [3.63, 3.8) is 0 Å². The van der Waals surface area contributed by atoms with Crippen LogP contribution in [0.3, 0.4) is 0 Å². The topological polar surface area (TPSA) is 26.0 Å². The molecule has 0 aromatic rings. The zero-order valence-corrected chi connectivity index (χ0v) is 7.90. The maximum absolute atomic E-state index is 12.6. The van der Waals surface area contributed by atoms with E-state index in [1.165, 1.54) is 0 Å². The highest BCUT2D eigenvalue weighted by atomic mass is 19.3. The molecule has 0 saturated heterocycles. The maximum atomic E-state index is 12.6. The lowest BCUT2D eigenvalue weighted by atomic mass is 9.88. The van der Waals surface area contributed by atoms with Gasteiger partial charge in [0.1, 0.15) is 0 Å². The van der Waals surface area contributed by atoms with Gasteiger partial charge >= 0.3 is 0 Å². The number of rotatable bonds is 1. The van der Waals surface area contributed by atoms with Gasteiger partial charge in [0.25, 0.3) is 6.43 Å². The number of halogens is 2. The third-order valence-electron chi connectivity index (χ3n) is 2.97. The van der Waals surface area contributed by atoms with Crippen molar-refractivity contribution in [2.45, 2.75) is 45.6 Å². The molecule has 0 heterocycles. The highest BCUT2D eigenvalue weighted by Crippen LogP contribution is 2.48. The molecular weight excluding hydrogens is 160 g/mol. The summed E-state index contributed by atoms with van der Waals surface area (Å²) in [5, 5.41) is 0. The van der Waals surface area contributed by atoms with E-state index in [9.17, 15) is 8.78 Å². The summed E-state index contributed by atoms with van der Waals surface area (Å²) in [4.78, 5) is 0. The van der Waals surface area contributed by atoms with Gasteiger partial charge in [-0.3, -0.25) is 0 Å². The van der Waals surface area contributed by atoms with Gasteiger partial charge < -0.3 is 5.73 Å². The molecule has 12 heavy (non-hydrogen) atoms. The fourth-order valence-corrected chi connectivity index (χ4v) is 2.39. The minimum absolute atomic E-state index is 0.0232. The van der Waals surface area contributed by atoms with E-state index >= 15 is 0 Å². The van der Waals surface area contributed by atoms with Gasteiger partial charge in [0.05, 0.1) is 5.54 Å². The molecular formula is C9H17F2N. The molecule has 1 saturated carbocycles. The summed E-state index contributed by atoms with van der Waals surface area (Å²) in [5.74, 6) is -0.0764. The van der Waals surface area contributed by atoms with Gasteiger partial charge in [-0.25, -0.2) is 8.78 Å². The highest BCUT2D eigenvalue weighted by Gasteiger charge is 2.51. The Morgan fingerprint density at radius 2 is 1.92 bits per heavy atom. The van der Waals surface area contributed by atoms with Crippen molar-refractivity contribution in [3.8, 4) is 0 Å². The Kier molecular flexibility index (Phi) is 2.19. The molecule has 0 aliphatic heterocycles. The molecule has 1 aliphatic rings. The Bertz CT molecular complexity index is 179. The molecule has 1 fully saturated rings.